The summed E-state index contributed by atoms with van der Waals surface area (Å²) in [6, 6.07) is 8.17. The molecule has 27 heavy (non-hydrogen) atoms. The minimum absolute atomic E-state index is 0.0152. The van der Waals surface area contributed by atoms with Gasteiger partial charge in [0.05, 0.1) is 17.8 Å². The molecule has 0 unspecified atom stereocenters. The molecule has 0 spiro atoms. The van der Waals surface area contributed by atoms with E-state index in [9.17, 15) is 4.79 Å². The lowest BCUT2D eigenvalue weighted by atomic mass is 9.94. The van der Waals surface area contributed by atoms with Crippen molar-refractivity contribution in [2.24, 2.45) is 0 Å². The second-order valence-electron chi connectivity index (χ2n) is 7.18. The minimum atomic E-state index is 0.0152. The molecule has 1 aliphatic carbocycles. The fourth-order valence-electron chi connectivity index (χ4n) is 3.89. The van der Waals surface area contributed by atoms with E-state index < -0.39 is 0 Å². The molecule has 0 atom stereocenters. The maximum absolute atomic E-state index is 13.1. The molecular weight excluding hydrogens is 358 g/mol. The van der Waals surface area contributed by atoms with Crippen LogP contribution in [0.2, 0.25) is 0 Å². The minimum Gasteiger partial charge on any atom is -0.494 e. The van der Waals surface area contributed by atoms with Crippen molar-refractivity contribution in [1.82, 2.24) is 9.88 Å². The third-order valence-corrected chi connectivity index (χ3v) is 6.54. The van der Waals surface area contributed by atoms with Crippen LogP contribution in [0, 0.1) is 0 Å². The van der Waals surface area contributed by atoms with Crippen molar-refractivity contribution in [2.45, 2.75) is 45.1 Å². The van der Waals surface area contributed by atoms with Gasteiger partial charge in [0, 0.05) is 23.9 Å². The highest BCUT2D eigenvalue weighted by Gasteiger charge is 2.26. The van der Waals surface area contributed by atoms with E-state index in [1.807, 2.05) is 43.1 Å². The summed E-state index contributed by atoms with van der Waals surface area (Å²) in [5.41, 5.74) is 7.81. The lowest BCUT2D eigenvalue weighted by Crippen LogP contribution is -2.38. The Balaban J connectivity index is 1.72. The zero-order chi connectivity index (χ0) is 19.0. The van der Waals surface area contributed by atoms with E-state index in [0.717, 1.165) is 39.7 Å². The van der Waals surface area contributed by atoms with E-state index in [4.69, 9.17) is 15.5 Å². The quantitative estimate of drug-likeness (QED) is 0.700. The second-order valence-corrected chi connectivity index (χ2v) is 8.18. The maximum atomic E-state index is 13.1. The number of nitrogens with two attached hydrogens (primary N) is 1. The maximum Gasteiger partial charge on any atom is 0.266 e. The van der Waals surface area contributed by atoms with Crippen LogP contribution in [0.3, 0.4) is 0 Å². The molecule has 6 heteroatoms. The first-order valence-electron chi connectivity index (χ1n) is 9.61. The second kappa shape index (κ2) is 7.35. The molecule has 1 amide bonds. The van der Waals surface area contributed by atoms with Crippen LogP contribution >= 0.6 is 11.3 Å². The Morgan fingerprint density at radius 1 is 1.30 bits per heavy atom. The number of benzene rings is 1. The summed E-state index contributed by atoms with van der Waals surface area (Å²) in [7, 11) is 1.90. The molecule has 4 rings (SSSR count). The van der Waals surface area contributed by atoms with Crippen molar-refractivity contribution in [3.05, 3.63) is 29.1 Å². The van der Waals surface area contributed by atoms with E-state index in [1.165, 1.54) is 30.6 Å². The van der Waals surface area contributed by atoms with Gasteiger partial charge >= 0.3 is 0 Å². The molecule has 0 bridgehead atoms. The fraction of sp³-hybridized carbons (Fsp3) is 0.429. The van der Waals surface area contributed by atoms with Crippen LogP contribution in [0.25, 0.3) is 21.1 Å². The molecule has 2 heterocycles. The molecule has 5 nitrogen and oxygen atoms in total. The molecule has 1 aromatic carbocycles. The van der Waals surface area contributed by atoms with Crippen molar-refractivity contribution in [2.75, 3.05) is 19.4 Å². The van der Waals surface area contributed by atoms with Gasteiger partial charge in [-0.1, -0.05) is 19.3 Å². The highest BCUT2D eigenvalue weighted by Crippen LogP contribution is 2.36. The zero-order valence-corrected chi connectivity index (χ0v) is 16.6. The highest BCUT2D eigenvalue weighted by atomic mass is 32.1. The number of anilines is 1. The van der Waals surface area contributed by atoms with Crippen LogP contribution in [-0.4, -0.2) is 35.5 Å². The predicted octanol–water partition coefficient (Wildman–Crippen LogP) is 4.84. The van der Waals surface area contributed by atoms with Gasteiger partial charge in [-0.2, -0.15) is 0 Å². The number of rotatable bonds is 4. The van der Waals surface area contributed by atoms with Crippen LogP contribution < -0.4 is 10.5 Å². The fourth-order valence-corrected chi connectivity index (χ4v) is 4.96. The molecular formula is C21H25N3O2S. The van der Waals surface area contributed by atoms with Crippen molar-refractivity contribution in [3.63, 3.8) is 0 Å². The highest BCUT2D eigenvalue weighted by molar-refractivity contribution is 7.21. The number of ether oxygens (including phenoxy) is 1. The Hall–Kier alpha value is -2.34. The van der Waals surface area contributed by atoms with Crippen molar-refractivity contribution < 1.29 is 9.53 Å². The summed E-state index contributed by atoms with van der Waals surface area (Å²) in [5.74, 6) is 0.828. The summed E-state index contributed by atoms with van der Waals surface area (Å²) in [6.45, 7) is 2.58. The van der Waals surface area contributed by atoms with Crippen LogP contribution in [0.15, 0.2) is 24.3 Å². The lowest BCUT2D eigenvalue weighted by Gasteiger charge is -2.31. The number of nitrogens with zero attached hydrogens (tertiary/aromatic N) is 2. The number of hydrogen-bond donors (Lipinski definition) is 1. The van der Waals surface area contributed by atoms with Crippen LogP contribution in [0.1, 0.15) is 48.7 Å². The lowest BCUT2D eigenvalue weighted by molar-refractivity contribution is 0.0702. The molecule has 1 saturated carbocycles. The Labute approximate surface area is 163 Å². The number of carbonyl (C=O) groups is 1. The van der Waals surface area contributed by atoms with Crippen LogP contribution in [0.5, 0.6) is 5.75 Å². The number of fused-ring (bicyclic) bond motifs is 2. The number of aromatic nitrogens is 1. The average Bonchev–Trinajstić information content (AvgIpc) is 3.02. The van der Waals surface area contributed by atoms with Gasteiger partial charge in [0.1, 0.15) is 15.5 Å². The van der Waals surface area contributed by atoms with Crippen LogP contribution in [0.4, 0.5) is 5.69 Å². The van der Waals surface area contributed by atoms with Gasteiger partial charge in [0.15, 0.2) is 0 Å². The summed E-state index contributed by atoms with van der Waals surface area (Å²) < 4.78 is 5.58. The molecule has 1 aliphatic rings. The Morgan fingerprint density at radius 3 is 2.81 bits per heavy atom. The van der Waals surface area contributed by atoms with Gasteiger partial charge in [0.2, 0.25) is 0 Å². The van der Waals surface area contributed by atoms with Gasteiger partial charge in [-0.05, 0) is 44.0 Å². The predicted molar refractivity (Wildman–Crippen MR) is 112 cm³/mol. The van der Waals surface area contributed by atoms with E-state index in [0.29, 0.717) is 23.2 Å². The van der Waals surface area contributed by atoms with Gasteiger partial charge in [-0.15, -0.1) is 11.3 Å². The number of hydrogen-bond acceptors (Lipinski definition) is 5. The first-order valence-corrected chi connectivity index (χ1v) is 10.4. The van der Waals surface area contributed by atoms with Gasteiger partial charge in [0.25, 0.3) is 5.91 Å². The van der Waals surface area contributed by atoms with Crippen LogP contribution in [-0.2, 0) is 0 Å². The third-order valence-electron chi connectivity index (χ3n) is 5.43. The van der Waals surface area contributed by atoms with E-state index in [-0.39, 0.29) is 5.91 Å². The number of amides is 1. The molecule has 2 aromatic heterocycles. The van der Waals surface area contributed by atoms with E-state index in [2.05, 4.69) is 0 Å². The average molecular weight is 384 g/mol. The topological polar surface area (TPSA) is 68.5 Å². The zero-order valence-electron chi connectivity index (χ0n) is 15.8. The molecule has 0 saturated heterocycles. The van der Waals surface area contributed by atoms with Gasteiger partial charge in [-0.25, -0.2) is 4.98 Å². The molecule has 0 aliphatic heterocycles. The molecule has 1 fully saturated rings. The normalized spacial score (nSPS) is 15.3. The SMILES string of the molecule is CCOc1ccc2nc3sc(C(=O)N(C)C4CCCCC4)c(N)c3cc2c1. The van der Waals surface area contributed by atoms with Gasteiger partial charge < -0.3 is 15.4 Å². The Bertz CT molecular complexity index is 992. The third kappa shape index (κ3) is 3.34. The van der Waals surface area contributed by atoms with Crippen molar-refractivity contribution in [3.8, 4) is 5.75 Å². The summed E-state index contributed by atoms with van der Waals surface area (Å²) >= 11 is 1.40. The summed E-state index contributed by atoms with van der Waals surface area (Å²) in [5, 5.41) is 1.82. The molecule has 3 aromatic rings. The standard InChI is InChI=1S/C21H25N3O2S/c1-3-26-15-9-10-17-13(11-15)12-16-18(22)19(27-20(16)23-17)21(25)24(2)14-7-5-4-6-8-14/h9-12,14H,3-8,22H2,1-2H3. The molecule has 0 radical (unpaired) electrons. The first-order chi connectivity index (χ1) is 13.1. The summed E-state index contributed by atoms with van der Waals surface area (Å²) in [6.07, 6.45) is 5.81. The first kappa shape index (κ1) is 18.0. The summed E-state index contributed by atoms with van der Waals surface area (Å²) in [4.78, 5) is 21.1. The van der Waals surface area contributed by atoms with E-state index >= 15 is 0 Å². The number of pyridine rings is 1. The Morgan fingerprint density at radius 2 is 2.07 bits per heavy atom. The number of thiophene rings is 1. The molecule has 142 valence electrons. The largest absolute Gasteiger partial charge is 0.494 e. The Kier molecular flexibility index (Phi) is 4.91. The molecule has 2 N–H and O–H groups in total. The van der Waals surface area contributed by atoms with Gasteiger partial charge in [-0.3, -0.25) is 4.79 Å². The number of carbonyl (C=O) groups excluding carboxylic acids is 1. The number of nitrogen functional groups attached to an aromatic ring is 1. The van der Waals surface area contributed by atoms with E-state index in [1.54, 1.807) is 0 Å². The van der Waals surface area contributed by atoms with Crippen molar-refractivity contribution in [1.29, 1.82) is 0 Å². The smallest absolute Gasteiger partial charge is 0.266 e. The van der Waals surface area contributed by atoms with Crippen molar-refractivity contribution >= 4 is 44.1 Å². The monoisotopic (exact) mass is 383 g/mol.